The van der Waals surface area contributed by atoms with Crippen molar-refractivity contribution in [2.45, 2.75) is 95.4 Å². The Hall–Kier alpha value is -1.16. The van der Waals surface area contributed by atoms with Crippen LogP contribution in [0.25, 0.3) is 0 Å². The van der Waals surface area contributed by atoms with Crippen molar-refractivity contribution in [3.05, 3.63) is 11.6 Å². The lowest BCUT2D eigenvalue weighted by atomic mass is 9.44. The highest BCUT2D eigenvalue weighted by molar-refractivity contribution is 5.91. The molecule has 2 heterocycles. The van der Waals surface area contributed by atoms with Crippen molar-refractivity contribution in [2.75, 3.05) is 0 Å². The number of ketones is 1. The summed E-state index contributed by atoms with van der Waals surface area (Å²) in [5.41, 5.74) is 1.33. The van der Waals surface area contributed by atoms with E-state index in [0.717, 1.165) is 51.4 Å². The third-order valence-corrected chi connectivity index (χ3v) is 9.81. The molecule has 0 aromatic heterocycles. The van der Waals surface area contributed by atoms with Crippen molar-refractivity contribution >= 4 is 11.8 Å². The summed E-state index contributed by atoms with van der Waals surface area (Å²) in [7, 11) is 0. The number of rotatable bonds is 0. The molecule has 146 valence electrons. The molecule has 0 radical (unpaired) electrons. The Morgan fingerprint density at radius 2 is 1.93 bits per heavy atom. The second-order valence-corrected chi connectivity index (χ2v) is 10.7. The fourth-order valence-electron chi connectivity index (χ4n) is 8.41. The highest BCUT2D eigenvalue weighted by Crippen LogP contribution is 2.77. The Labute approximate surface area is 161 Å². The number of carbonyl (C=O) groups excluding carboxylic acids is 2. The first-order chi connectivity index (χ1) is 12.8. The normalized spacial score (nSPS) is 55.8. The van der Waals surface area contributed by atoms with Crippen LogP contribution in [0.3, 0.4) is 0 Å². The molecule has 0 bridgehead atoms. The minimum Gasteiger partial charge on any atom is -0.459 e. The molecule has 4 heteroatoms. The predicted molar refractivity (Wildman–Crippen MR) is 98.9 cm³/mol. The van der Waals surface area contributed by atoms with Gasteiger partial charge in [-0.25, -0.2) is 0 Å². The molecule has 5 fully saturated rings. The van der Waals surface area contributed by atoms with Gasteiger partial charge in [0.2, 0.25) is 0 Å². The maximum atomic E-state index is 12.1. The number of allylic oxidation sites excluding steroid dienone is 1. The molecule has 6 rings (SSSR count). The van der Waals surface area contributed by atoms with Crippen molar-refractivity contribution in [3.63, 3.8) is 0 Å². The third-order valence-electron chi connectivity index (χ3n) is 9.81. The fraction of sp³-hybridized carbons (Fsp3) is 0.826. The Morgan fingerprint density at radius 3 is 2.70 bits per heavy atom. The van der Waals surface area contributed by atoms with Gasteiger partial charge in [0, 0.05) is 18.3 Å². The number of fused-ring (bicyclic) bond motifs is 2. The van der Waals surface area contributed by atoms with Crippen LogP contribution in [-0.4, -0.2) is 29.1 Å². The lowest BCUT2D eigenvalue weighted by Crippen LogP contribution is -2.59. The number of hydrogen-bond donors (Lipinski definition) is 0. The highest BCUT2D eigenvalue weighted by Gasteiger charge is 2.80. The Morgan fingerprint density at radius 1 is 1.07 bits per heavy atom. The van der Waals surface area contributed by atoms with Crippen LogP contribution in [0.4, 0.5) is 0 Å². The Balaban J connectivity index is 1.42. The summed E-state index contributed by atoms with van der Waals surface area (Å²) >= 11 is 0. The topological polar surface area (TPSA) is 55.9 Å². The highest BCUT2D eigenvalue weighted by atomic mass is 16.6. The van der Waals surface area contributed by atoms with E-state index in [9.17, 15) is 9.59 Å². The molecule has 2 aliphatic heterocycles. The summed E-state index contributed by atoms with van der Waals surface area (Å²) < 4.78 is 12.6. The van der Waals surface area contributed by atoms with Crippen LogP contribution in [0, 0.1) is 22.7 Å². The minimum atomic E-state index is -0.201. The molecule has 6 aliphatic rings. The maximum Gasteiger partial charge on any atom is 0.306 e. The zero-order valence-corrected chi connectivity index (χ0v) is 16.5. The molecule has 2 saturated heterocycles. The quantitative estimate of drug-likeness (QED) is 0.475. The first kappa shape index (κ1) is 16.8. The smallest absolute Gasteiger partial charge is 0.306 e. The molecule has 3 saturated carbocycles. The third kappa shape index (κ3) is 1.84. The monoisotopic (exact) mass is 370 g/mol. The van der Waals surface area contributed by atoms with E-state index in [1.54, 1.807) is 0 Å². The zero-order valence-electron chi connectivity index (χ0n) is 16.5. The fourth-order valence-corrected chi connectivity index (χ4v) is 8.41. The number of epoxide rings is 1. The van der Waals surface area contributed by atoms with Gasteiger partial charge in [-0.2, -0.15) is 0 Å². The standard InChI is InChI=1S/C23H30O4/c1-14-11-18-23(26-18)17(4-3-15-12-16(24)5-7-20(15,23)2)22(14)10-9-21(13-22)8-6-19(25)27-21/h12,14,17-18H,3-11,13H2,1-2H3/t14?,17?,18?,20?,21-,22?,23?/m0/s1. The SMILES string of the molecule is CC1CC2OC23C(CCC2=CC(=O)CCC23C)C12CC[C@@]1(CCC(=O)O1)C2. The molecule has 4 nitrogen and oxygen atoms in total. The predicted octanol–water partition coefficient (Wildman–Crippen LogP) is 4.12. The van der Waals surface area contributed by atoms with Crippen LogP contribution >= 0.6 is 0 Å². The van der Waals surface area contributed by atoms with Gasteiger partial charge in [-0.15, -0.1) is 0 Å². The molecular formula is C23H30O4. The van der Waals surface area contributed by atoms with Crippen LogP contribution in [0.5, 0.6) is 0 Å². The van der Waals surface area contributed by atoms with Gasteiger partial charge in [0.05, 0.1) is 6.10 Å². The Kier molecular flexibility index (Phi) is 3.02. The Bertz CT molecular complexity index is 785. The molecule has 0 N–H and O–H groups in total. The van der Waals surface area contributed by atoms with Crippen molar-refractivity contribution in [1.82, 2.24) is 0 Å². The van der Waals surface area contributed by atoms with Gasteiger partial charge in [-0.1, -0.05) is 19.4 Å². The number of esters is 1. The van der Waals surface area contributed by atoms with Crippen LogP contribution in [0.2, 0.25) is 0 Å². The van der Waals surface area contributed by atoms with Crippen LogP contribution in [0.1, 0.15) is 78.1 Å². The van der Waals surface area contributed by atoms with Gasteiger partial charge < -0.3 is 9.47 Å². The summed E-state index contributed by atoms with van der Waals surface area (Å²) in [6, 6.07) is 0. The summed E-state index contributed by atoms with van der Waals surface area (Å²) in [5.74, 6) is 1.44. The summed E-state index contributed by atoms with van der Waals surface area (Å²) in [4.78, 5) is 24.0. The van der Waals surface area contributed by atoms with Gasteiger partial charge in [0.25, 0.3) is 0 Å². The molecule has 0 aromatic carbocycles. The average molecular weight is 370 g/mol. The van der Waals surface area contributed by atoms with E-state index in [0.29, 0.717) is 36.6 Å². The summed E-state index contributed by atoms with van der Waals surface area (Å²) in [6.07, 6.45) is 11.9. The first-order valence-corrected chi connectivity index (χ1v) is 11.0. The van der Waals surface area contributed by atoms with E-state index in [1.807, 2.05) is 6.08 Å². The molecule has 0 aromatic rings. The molecule has 7 atom stereocenters. The van der Waals surface area contributed by atoms with Crippen molar-refractivity contribution < 1.29 is 19.1 Å². The number of hydrogen-bond acceptors (Lipinski definition) is 4. The van der Waals surface area contributed by atoms with Crippen LogP contribution in [0.15, 0.2) is 11.6 Å². The van der Waals surface area contributed by atoms with Gasteiger partial charge >= 0.3 is 5.97 Å². The van der Waals surface area contributed by atoms with Crippen LogP contribution < -0.4 is 0 Å². The average Bonchev–Trinajstić information content (AvgIpc) is 3.05. The van der Waals surface area contributed by atoms with E-state index >= 15 is 0 Å². The molecule has 6 unspecified atom stereocenters. The zero-order chi connectivity index (χ0) is 18.7. The van der Waals surface area contributed by atoms with Gasteiger partial charge in [0.15, 0.2) is 5.78 Å². The van der Waals surface area contributed by atoms with Crippen molar-refractivity contribution in [1.29, 1.82) is 0 Å². The van der Waals surface area contributed by atoms with E-state index in [2.05, 4.69) is 13.8 Å². The lowest BCUT2D eigenvalue weighted by Gasteiger charge is -2.58. The lowest BCUT2D eigenvalue weighted by molar-refractivity contribution is -0.150. The molecule has 0 amide bonds. The number of ether oxygens (including phenoxy) is 2. The first-order valence-electron chi connectivity index (χ1n) is 11.0. The molecule has 4 aliphatic carbocycles. The number of carbonyl (C=O) groups is 2. The van der Waals surface area contributed by atoms with Gasteiger partial charge in [0.1, 0.15) is 11.2 Å². The van der Waals surface area contributed by atoms with Crippen molar-refractivity contribution in [3.8, 4) is 0 Å². The van der Waals surface area contributed by atoms with E-state index in [4.69, 9.17) is 9.47 Å². The van der Waals surface area contributed by atoms with E-state index in [-0.39, 0.29) is 28.0 Å². The van der Waals surface area contributed by atoms with Crippen LogP contribution in [-0.2, 0) is 19.1 Å². The second-order valence-electron chi connectivity index (χ2n) is 10.7. The minimum absolute atomic E-state index is 0.00241. The van der Waals surface area contributed by atoms with E-state index < -0.39 is 0 Å². The summed E-state index contributed by atoms with van der Waals surface area (Å²) in [6.45, 7) is 4.79. The molecular weight excluding hydrogens is 340 g/mol. The summed E-state index contributed by atoms with van der Waals surface area (Å²) in [5, 5.41) is 0. The van der Waals surface area contributed by atoms with E-state index in [1.165, 1.54) is 5.57 Å². The molecule has 3 spiro atoms. The second kappa shape index (κ2) is 4.87. The molecule has 27 heavy (non-hydrogen) atoms. The largest absolute Gasteiger partial charge is 0.459 e. The maximum absolute atomic E-state index is 12.1. The van der Waals surface area contributed by atoms with Gasteiger partial charge in [-0.3, -0.25) is 9.59 Å². The van der Waals surface area contributed by atoms with Gasteiger partial charge in [-0.05, 0) is 74.7 Å². The van der Waals surface area contributed by atoms with Crippen molar-refractivity contribution in [2.24, 2.45) is 22.7 Å².